The minimum Gasteiger partial charge on any atom is -0.349 e. The van der Waals surface area contributed by atoms with Crippen LogP contribution in [-0.4, -0.2) is 19.5 Å². The molecule has 1 heterocycles. The molecule has 2 nitrogen and oxygen atoms in total. The van der Waals surface area contributed by atoms with Gasteiger partial charge in [-0.1, -0.05) is 38.3 Å². The third-order valence-corrected chi connectivity index (χ3v) is 2.22. The van der Waals surface area contributed by atoms with Crippen molar-refractivity contribution < 1.29 is 9.47 Å². The summed E-state index contributed by atoms with van der Waals surface area (Å²) in [5, 5.41) is 0. The first-order chi connectivity index (χ1) is 6.43. The summed E-state index contributed by atoms with van der Waals surface area (Å²) in [7, 11) is 0. The van der Waals surface area contributed by atoms with E-state index < -0.39 is 0 Å². The van der Waals surface area contributed by atoms with Gasteiger partial charge in [0.05, 0.1) is 13.2 Å². The number of unbranched alkanes of at least 4 members (excludes halogenated alkanes) is 3. The van der Waals surface area contributed by atoms with Crippen molar-refractivity contribution in [2.45, 2.75) is 45.3 Å². The molecule has 1 aliphatic heterocycles. The molecule has 1 rings (SSSR count). The molecule has 0 fully saturated rings. The monoisotopic (exact) mass is 184 g/mol. The Balaban J connectivity index is 2.00. The first kappa shape index (κ1) is 10.7. The molecule has 0 saturated heterocycles. The molecule has 13 heavy (non-hydrogen) atoms. The molecule has 0 atom stereocenters. The van der Waals surface area contributed by atoms with E-state index in [-0.39, 0.29) is 6.29 Å². The first-order valence-corrected chi connectivity index (χ1v) is 5.31. The predicted octanol–water partition coefficient (Wildman–Crippen LogP) is 2.89. The Labute approximate surface area is 80.9 Å². The standard InChI is InChI=1S/C11H20O2/c1-2-3-4-5-8-11-12-9-6-7-10-13-11/h6-7,11H,2-5,8-10H2,1H3. The van der Waals surface area contributed by atoms with Crippen LogP contribution in [0.15, 0.2) is 12.2 Å². The van der Waals surface area contributed by atoms with Crippen LogP contribution in [0.1, 0.15) is 39.0 Å². The van der Waals surface area contributed by atoms with Crippen molar-refractivity contribution in [2.24, 2.45) is 0 Å². The van der Waals surface area contributed by atoms with E-state index >= 15 is 0 Å². The summed E-state index contributed by atoms with van der Waals surface area (Å²) >= 11 is 0. The van der Waals surface area contributed by atoms with Crippen molar-refractivity contribution in [3.63, 3.8) is 0 Å². The molecule has 0 aromatic heterocycles. The Morgan fingerprint density at radius 3 is 2.38 bits per heavy atom. The highest BCUT2D eigenvalue weighted by Gasteiger charge is 2.09. The molecule has 1 aliphatic rings. The van der Waals surface area contributed by atoms with E-state index in [1.807, 2.05) is 12.2 Å². The van der Waals surface area contributed by atoms with Crippen LogP contribution in [0.3, 0.4) is 0 Å². The van der Waals surface area contributed by atoms with Crippen molar-refractivity contribution in [3.05, 3.63) is 12.2 Å². The van der Waals surface area contributed by atoms with Crippen molar-refractivity contribution in [1.29, 1.82) is 0 Å². The van der Waals surface area contributed by atoms with Gasteiger partial charge in [-0.25, -0.2) is 0 Å². The zero-order valence-corrected chi connectivity index (χ0v) is 8.50. The van der Waals surface area contributed by atoms with Crippen LogP contribution < -0.4 is 0 Å². The zero-order chi connectivity index (χ0) is 9.36. The number of hydrogen-bond donors (Lipinski definition) is 0. The Morgan fingerprint density at radius 2 is 1.77 bits per heavy atom. The quantitative estimate of drug-likeness (QED) is 0.483. The van der Waals surface area contributed by atoms with Gasteiger partial charge in [0, 0.05) is 0 Å². The van der Waals surface area contributed by atoms with Crippen molar-refractivity contribution in [1.82, 2.24) is 0 Å². The molecule has 0 bridgehead atoms. The third-order valence-electron chi connectivity index (χ3n) is 2.22. The first-order valence-electron chi connectivity index (χ1n) is 5.31. The Morgan fingerprint density at radius 1 is 1.08 bits per heavy atom. The average molecular weight is 184 g/mol. The van der Waals surface area contributed by atoms with Crippen LogP contribution in [0.2, 0.25) is 0 Å². The number of ether oxygens (including phenoxy) is 2. The second-order valence-corrected chi connectivity index (χ2v) is 3.42. The van der Waals surface area contributed by atoms with Gasteiger partial charge in [-0.2, -0.15) is 0 Å². The predicted molar refractivity (Wildman–Crippen MR) is 53.6 cm³/mol. The molecule has 0 spiro atoms. The smallest absolute Gasteiger partial charge is 0.158 e. The van der Waals surface area contributed by atoms with Crippen LogP contribution in [-0.2, 0) is 9.47 Å². The SMILES string of the molecule is CCCCCCC1OCC=CCO1. The fourth-order valence-corrected chi connectivity index (χ4v) is 1.41. The topological polar surface area (TPSA) is 18.5 Å². The zero-order valence-electron chi connectivity index (χ0n) is 8.50. The lowest BCUT2D eigenvalue weighted by Gasteiger charge is -2.14. The van der Waals surface area contributed by atoms with Crippen LogP contribution in [0.4, 0.5) is 0 Å². The third kappa shape index (κ3) is 5.06. The molecule has 0 aromatic rings. The van der Waals surface area contributed by atoms with E-state index in [0.717, 1.165) is 6.42 Å². The van der Waals surface area contributed by atoms with Gasteiger partial charge in [-0.3, -0.25) is 0 Å². The molecule has 0 aromatic carbocycles. The molecule has 0 aliphatic carbocycles. The second kappa shape index (κ2) is 7.10. The largest absolute Gasteiger partial charge is 0.349 e. The van der Waals surface area contributed by atoms with Gasteiger partial charge in [-0.15, -0.1) is 0 Å². The lowest BCUT2D eigenvalue weighted by molar-refractivity contribution is -0.126. The summed E-state index contributed by atoms with van der Waals surface area (Å²) < 4.78 is 10.9. The van der Waals surface area contributed by atoms with E-state index in [9.17, 15) is 0 Å². The number of rotatable bonds is 5. The molecule has 0 radical (unpaired) electrons. The van der Waals surface area contributed by atoms with E-state index in [2.05, 4.69) is 6.92 Å². The van der Waals surface area contributed by atoms with Crippen LogP contribution in [0.5, 0.6) is 0 Å². The lowest BCUT2D eigenvalue weighted by Crippen LogP contribution is -2.15. The molecule has 76 valence electrons. The minimum atomic E-state index is 0.0341. The molecule has 0 amide bonds. The molecule has 0 saturated carbocycles. The summed E-state index contributed by atoms with van der Waals surface area (Å²) in [6.45, 7) is 3.64. The molecule has 2 heteroatoms. The maximum absolute atomic E-state index is 5.47. The summed E-state index contributed by atoms with van der Waals surface area (Å²) in [6, 6.07) is 0. The van der Waals surface area contributed by atoms with Crippen LogP contribution >= 0.6 is 0 Å². The molecule has 0 unspecified atom stereocenters. The van der Waals surface area contributed by atoms with Gasteiger partial charge in [0.25, 0.3) is 0 Å². The van der Waals surface area contributed by atoms with Crippen molar-refractivity contribution in [3.8, 4) is 0 Å². The molecule has 0 N–H and O–H groups in total. The second-order valence-electron chi connectivity index (χ2n) is 3.42. The number of hydrogen-bond acceptors (Lipinski definition) is 2. The van der Waals surface area contributed by atoms with Crippen molar-refractivity contribution in [2.75, 3.05) is 13.2 Å². The van der Waals surface area contributed by atoms with Crippen LogP contribution in [0.25, 0.3) is 0 Å². The normalized spacial score (nSPS) is 18.8. The molecular weight excluding hydrogens is 164 g/mol. The highest BCUT2D eigenvalue weighted by atomic mass is 16.7. The van der Waals surface area contributed by atoms with Gasteiger partial charge in [0.15, 0.2) is 6.29 Å². The van der Waals surface area contributed by atoms with Gasteiger partial charge < -0.3 is 9.47 Å². The summed E-state index contributed by atoms with van der Waals surface area (Å²) in [6.07, 6.45) is 10.2. The van der Waals surface area contributed by atoms with Crippen molar-refractivity contribution >= 4 is 0 Å². The summed E-state index contributed by atoms with van der Waals surface area (Å²) in [4.78, 5) is 0. The Hall–Kier alpha value is -0.340. The van der Waals surface area contributed by atoms with Gasteiger partial charge >= 0.3 is 0 Å². The fraction of sp³-hybridized carbons (Fsp3) is 0.818. The van der Waals surface area contributed by atoms with E-state index in [4.69, 9.17) is 9.47 Å². The summed E-state index contributed by atoms with van der Waals surface area (Å²) in [5.41, 5.74) is 0. The maximum Gasteiger partial charge on any atom is 0.158 e. The fourth-order valence-electron chi connectivity index (χ4n) is 1.41. The highest BCUT2D eigenvalue weighted by Crippen LogP contribution is 2.11. The van der Waals surface area contributed by atoms with Gasteiger partial charge in [0.1, 0.15) is 0 Å². The van der Waals surface area contributed by atoms with E-state index in [1.165, 1.54) is 25.7 Å². The van der Waals surface area contributed by atoms with Gasteiger partial charge in [0.2, 0.25) is 0 Å². The lowest BCUT2D eigenvalue weighted by atomic mass is 10.1. The van der Waals surface area contributed by atoms with Crippen LogP contribution in [0, 0.1) is 0 Å². The Bertz CT molecular complexity index is 133. The van der Waals surface area contributed by atoms with E-state index in [0.29, 0.717) is 13.2 Å². The minimum absolute atomic E-state index is 0.0341. The Kier molecular flexibility index (Phi) is 5.87. The average Bonchev–Trinajstić information content (AvgIpc) is 2.41. The molecular formula is C11H20O2. The maximum atomic E-state index is 5.47. The highest BCUT2D eigenvalue weighted by molar-refractivity contribution is 4.83. The van der Waals surface area contributed by atoms with E-state index in [1.54, 1.807) is 0 Å². The van der Waals surface area contributed by atoms with Gasteiger partial charge in [-0.05, 0) is 12.8 Å². The summed E-state index contributed by atoms with van der Waals surface area (Å²) in [5.74, 6) is 0.